The molecule has 3 N–H and O–H groups in total. The average Bonchev–Trinajstić information content (AvgIpc) is 3.63. The molecule has 1 fully saturated rings. The standard InChI is InChI=1S/C25H25FN8O4/c1-30-21-19-14-17(20-3-2-12-38-20)29-34(19)24(27)28-22(21)33(25(30)37)11-8-31-6-9-32(10-7-31)18-5-4-15(23(35)36)13-16(18)26/h2-5,12-14H,6-11H2,1H3,(H2,27,28)(H,35,36). The fraction of sp³-hybridized carbons (Fsp3) is 0.280. The van der Waals surface area contributed by atoms with Crippen LogP contribution in [0.3, 0.4) is 0 Å². The third kappa shape index (κ3) is 3.87. The van der Waals surface area contributed by atoms with Gasteiger partial charge in [-0.3, -0.25) is 14.0 Å². The van der Waals surface area contributed by atoms with Gasteiger partial charge in [0.25, 0.3) is 0 Å². The molecule has 0 atom stereocenters. The number of hydrogen-bond acceptors (Lipinski definition) is 8. The third-order valence-electron chi connectivity index (χ3n) is 7.03. The number of nitrogen functional groups attached to an aromatic ring is 1. The van der Waals surface area contributed by atoms with E-state index in [1.165, 1.54) is 16.6 Å². The number of anilines is 2. The zero-order valence-corrected chi connectivity index (χ0v) is 20.5. The van der Waals surface area contributed by atoms with Crippen LogP contribution in [-0.2, 0) is 13.6 Å². The maximum atomic E-state index is 14.5. The number of hydrogen-bond donors (Lipinski definition) is 2. The minimum Gasteiger partial charge on any atom is -0.478 e. The Kier molecular flexibility index (Phi) is 5.64. The van der Waals surface area contributed by atoms with Crippen LogP contribution in [-0.4, -0.2) is 72.4 Å². The van der Waals surface area contributed by atoms with Crippen LogP contribution in [0.15, 0.2) is 51.9 Å². The number of carboxylic acids is 1. The molecule has 1 aliphatic rings. The number of piperazine rings is 1. The predicted molar refractivity (Wildman–Crippen MR) is 138 cm³/mol. The van der Waals surface area contributed by atoms with Gasteiger partial charge >= 0.3 is 11.7 Å². The fourth-order valence-electron chi connectivity index (χ4n) is 5.02. The van der Waals surface area contributed by atoms with Crippen molar-refractivity contribution in [2.45, 2.75) is 6.54 Å². The molecule has 38 heavy (non-hydrogen) atoms. The van der Waals surface area contributed by atoms with Gasteiger partial charge in [0.2, 0.25) is 5.95 Å². The van der Waals surface area contributed by atoms with Crippen LogP contribution in [0.2, 0.25) is 0 Å². The van der Waals surface area contributed by atoms with E-state index < -0.39 is 11.8 Å². The lowest BCUT2D eigenvalue weighted by Gasteiger charge is -2.36. The summed E-state index contributed by atoms with van der Waals surface area (Å²) < 4.78 is 24.6. The summed E-state index contributed by atoms with van der Waals surface area (Å²) in [6, 6.07) is 9.36. The van der Waals surface area contributed by atoms with Crippen LogP contribution < -0.4 is 16.3 Å². The number of aromatic carboxylic acids is 1. The van der Waals surface area contributed by atoms with Gasteiger partial charge in [-0.25, -0.2) is 14.0 Å². The summed E-state index contributed by atoms with van der Waals surface area (Å²) in [6.45, 7) is 3.47. The third-order valence-corrected chi connectivity index (χ3v) is 7.03. The summed E-state index contributed by atoms with van der Waals surface area (Å²) in [7, 11) is 1.70. The first kappa shape index (κ1) is 23.7. The second-order valence-corrected chi connectivity index (χ2v) is 9.24. The Balaban J connectivity index is 1.21. The number of carbonyl (C=O) groups is 1. The summed E-state index contributed by atoms with van der Waals surface area (Å²) in [5.41, 5.74) is 8.66. The summed E-state index contributed by atoms with van der Waals surface area (Å²) in [4.78, 5) is 32.9. The SMILES string of the molecule is Cn1c(=O)n(CCN2CCN(c3ccc(C(=O)O)cc3F)CC2)c2nc(N)n3nc(-c4ccco4)cc3c21. The van der Waals surface area contributed by atoms with Crippen molar-refractivity contribution in [2.24, 2.45) is 7.05 Å². The van der Waals surface area contributed by atoms with Crippen LogP contribution in [0.5, 0.6) is 0 Å². The number of aromatic nitrogens is 5. The number of halogens is 1. The summed E-state index contributed by atoms with van der Waals surface area (Å²) in [5, 5.41) is 13.6. The Morgan fingerprint density at radius 2 is 1.95 bits per heavy atom. The molecule has 1 aromatic carbocycles. The van der Waals surface area contributed by atoms with Gasteiger partial charge < -0.3 is 20.2 Å². The second-order valence-electron chi connectivity index (χ2n) is 9.24. The van der Waals surface area contributed by atoms with Crippen molar-refractivity contribution in [1.82, 2.24) is 28.6 Å². The van der Waals surface area contributed by atoms with E-state index in [-0.39, 0.29) is 17.2 Å². The lowest BCUT2D eigenvalue weighted by Crippen LogP contribution is -2.47. The molecular weight excluding hydrogens is 495 g/mol. The van der Waals surface area contributed by atoms with E-state index in [4.69, 9.17) is 15.3 Å². The zero-order valence-electron chi connectivity index (χ0n) is 20.5. The van der Waals surface area contributed by atoms with Gasteiger partial charge in [0, 0.05) is 46.3 Å². The summed E-state index contributed by atoms with van der Waals surface area (Å²) >= 11 is 0. The Labute approximate surface area is 214 Å². The van der Waals surface area contributed by atoms with Gasteiger partial charge in [0.1, 0.15) is 17.0 Å². The number of imidazole rings is 1. The first-order valence-corrected chi connectivity index (χ1v) is 12.1. The first-order valence-electron chi connectivity index (χ1n) is 12.1. The van der Waals surface area contributed by atoms with E-state index in [1.807, 2.05) is 11.0 Å². The lowest BCUT2D eigenvalue weighted by molar-refractivity contribution is 0.0696. The number of carboxylic acid groups (broad SMARTS) is 1. The minimum absolute atomic E-state index is 0.0787. The molecule has 0 amide bonds. The maximum Gasteiger partial charge on any atom is 0.335 e. The zero-order chi connectivity index (χ0) is 26.6. The first-order chi connectivity index (χ1) is 18.3. The highest BCUT2D eigenvalue weighted by Crippen LogP contribution is 2.26. The topological polar surface area (TPSA) is 140 Å². The monoisotopic (exact) mass is 520 g/mol. The summed E-state index contributed by atoms with van der Waals surface area (Å²) in [6.07, 6.45) is 1.56. The highest BCUT2D eigenvalue weighted by molar-refractivity contribution is 5.91. The normalized spacial score (nSPS) is 14.6. The molecule has 0 spiro atoms. The Hall–Kier alpha value is -4.65. The molecule has 196 valence electrons. The van der Waals surface area contributed by atoms with Crippen molar-refractivity contribution in [3.8, 4) is 11.5 Å². The molecule has 1 aliphatic heterocycles. The van der Waals surface area contributed by atoms with Crippen molar-refractivity contribution in [3.63, 3.8) is 0 Å². The van der Waals surface area contributed by atoms with E-state index in [0.29, 0.717) is 73.1 Å². The van der Waals surface area contributed by atoms with Gasteiger partial charge in [0.15, 0.2) is 11.4 Å². The van der Waals surface area contributed by atoms with Crippen LogP contribution in [0, 0.1) is 5.82 Å². The van der Waals surface area contributed by atoms with Crippen LogP contribution >= 0.6 is 0 Å². The predicted octanol–water partition coefficient (Wildman–Crippen LogP) is 1.88. The van der Waals surface area contributed by atoms with Crippen molar-refractivity contribution in [2.75, 3.05) is 43.4 Å². The molecule has 5 aromatic rings. The highest BCUT2D eigenvalue weighted by Gasteiger charge is 2.23. The van der Waals surface area contributed by atoms with Gasteiger partial charge in [0.05, 0.1) is 23.0 Å². The molecule has 0 bridgehead atoms. The lowest BCUT2D eigenvalue weighted by atomic mass is 10.1. The number of aryl methyl sites for hydroxylation is 1. The largest absolute Gasteiger partial charge is 0.478 e. The maximum absolute atomic E-state index is 14.5. The van der Waals surface area contributed by atoms with Crippen molar-refractivity contribution in [1.29, 1.82) is 0 Å². The van der Waals surface area contributed by atoms with Gasteiger partial charge in [-0.2, -0.15) is 14.6 Å². The highest BCUT2D eigenvalue weighted by atomic mass is 19.1. The Morgan fingerprint density at radius 3 is 2.63 bits per heavy atom. The number of furan rings is 1. The van der Waals surface area contributed by atoms with Crippen LogP contribution in [0.1, 0.15) is 10.4 Å². The molecule has 6 rings (SSSR count). The molecule has 0 saturated carbocycles. The van der Waals surface area contributed by atoms with E-state index in [1.54, 1.807) is 34.6 Å². The van der Waals surface area contributed by atoms with Gasteiger partial charge in [-0.05, 0) is 36.4 Å². The van der Waals surface area contributed by atoms with Crippen molar-refractivity contribution in [3.05, 3.63) is 64.5 Å². The molecule has 1 saturated heterocycles. The Bertz CT molecular complexity index is 1730. The van der Waals surface area contributed by atoms with E-state index in [9.17, 15) is 14.0 Å². The van der Waals surface area contributed by atoms with E-state index in [0.717, 1.165) is 6.07 Å². The van der Waals surface area contributed by atoms with Crippen molar-refractivity contribution < 1.29 is 18.7 Å². The quantitative estimate of drug-likeness (QED) is 0.343. The van der Waals surface area contributed by atoms with Crippen molar-refractivity contribution >= 4 is 34.3 Å². The smallest absolute Gasteiger partial charge is 0.335 e. The van der Waals surface area contributed by atoms with E-state index in [2.05, 4.69) is 15.0 Å². The number of nitrogens with zero attached hydrogens (tertiary/aromatic N) is 7. The number of rotatable bonds is 6. The van der Waals surface area contributed by atoms with Crippen LogP contribution in [0.4, 0.5) is 16.0 Å². The Morgan fingerprint density at radius 1 is 1.16 bits per heavy atom. The van der Waals surface area contributed by atoms with Gasteiger partial charge in [-0.15, -0.1) is 0 Å². The molecule has 0 unspecified atom stereocenters. The molecule has 0 aliphatic carbocycles. The number of nitrogens with two attached hydrogens (primary N) is 1. The molecular formula is C25H25FN8O4. The molecule has 0 radical (unpaired) electrons. The van der Waals surface area contributed by atoms with E-state index >= 15 is 0 Å². The number of benzene rings is 1. The average molecular weight is 521 g/mol. The molecule has 13 heteroatoms. The van der Waals surface area contributed by atoms with Gasteiger partial charge in [-0.1, -0.05) is 0 Å². The molecule has 5 heterocycles. The number of fused-ring (bicyclic) bond motifs is 3. The minimum atomic E-state index is -1.16. The summed E-state index contributed by atoms with van der Waals surface area (Å²) in [5.74, 6) is -0.963. The molecule has 12 nitrogen and oxygen atoms in total. The second kappa shape index (κ2) is 9.03. The fourth-order valence-corrected chi connectivity index (χ4v) is 5.02. The van der Waals surface area contributed by atoms with Crippen LogP contribution in [0.25, 0.3) is 28.1 Å². The molecule has 4 aromatic heterocycles.